The van der Waals surface area contributed by atoms with Gasteiger partial charge in [-0.2, -0.15) is 11.8 Å². The molecule has 3 rings (SSSR count). The van der Waals surface area contributed by atoms with Crippen LogP contribution in [-0.2, 0) is 10.5 Å². The molecule has 0 bridgehead atoms. The Labute approximate surface area is 155 Å². The van der Waals surface area contributed by atoms with Gasteiger partial charge in [0.2, 0.25) is 5.91 Å². The monoisotopic (exact) mass is 372 g/mol. The minimum atomic E-state index is -0.0278. The first kappa shape index (κ1) is 17.5. The molecule has 5 nitrogen and oxygen atoms in total. The van der Waals surface area contributed by atoms with Gasteiger partial charge < -0.3 is 9.88 Å². The number of rotatable bonds is 7. The number of halogens is 1. The molecule has 0 aliphatic rings. The van der Waals surface area contributed by atoms with Gasteiger partial charge >= 0.3 is 0 Å². The number of hydrogen-bond acceptors (Lipinski definition) is 4. The lowest BCUT2D eigenvalue weighted by molar-refractivity contribution is -0.115. The summed E-state index contributed by atoms with van der Waals surface area (Å²) in [6.45, 7) is 0. The molecule has 7 heteroatoms. The number of hydrogen-bond donors (Lipinski definition) is 1. The summed E-state index contributed by atoms with van der Waals surface area (Å²) in [6.07, 6.45) is 7.41. The summed E-state index contributed by atoms with van der Waals surface area (Å²) in [5, 5.41) is 3.43. The van der Waals surface area contributed by atoms with Crippen molar-refractivity contribution in [1.29, 1.82) is 0 Å². The highest BCUT2D eigenvalue weighted by molar-refractivity contribution is 7.98. The molecule has 0 radical (unpaired) electrons. The molecule has 0 spiro atoms. The maximum absolute atomic E-state index is 12.1. The lowest BCUT2D eigenvalue weighted by Gasteiger charge is -2.09. The van der Waals surface area contributed by atoms with Crippen LogP contribution >= 0.6 is 23.4 Å². The Hall–Kier alpha value is -2.31. The molecular weight excluding hydrogens is 356 g/mol. The smallest absolute Gasteiger partial charge is 0.225 e. The molecule has 0 aliphatic carbocycles. The summed E-state index contributed by atoms with van der Waals surface area (Å²) in [5.74, 6) is 1.52. The second-order valence-electron chi connectivity index (χ2n) is 5.31. The second kappa shape index (κ2) is 8.69. The zero-order valence-electron chi connectivity index (χ0n) is 13.4. The molecule has 25 heavy (non-hydrogen) atoms. The maximum atomic E-state index is 12.1. The van der Waals surface area contributed by atoms with Crippen molar-refractivity contribution < 1.29 is 4.79 Å². The van der Waals surface area contributed by atoms with Crippen LogP contribution in [0.5, 0.6) is 0 Å². The van der Waals surface area contributed by atoms with Crippen LogP contribution in [0.3, 0.4) is 0 Å². The summed E-state index contributed by atoms with van der Waals surface area (Å²) in [7, 11) is 0. The van der Waals surface area contributed by atoms with Crippen LogP contribution < -0.4 is 5.32 Å². The molecule has 1 amide bonds. The van der Waals surface area contributed by atoms with Gasteiger partial charge in [0.25, 0.3) is 0 Å². The predicted octanol–water partition coefficient (Wildman–Crippen LogP) is 4.18. The van der Waals surface area contributed by atoms with E-state index < -0.39 is 0 Å². The minimum absolute atomic E-state index is 0.0278. The summed E-state index contributed by atoms with van der Waals surface area (Å²) in [5.41, 5.74) is 2.53. The van der Waals surface area contributed by atoms with E-state index in [0.29, 0.717) is 17.1 Å². The molecule has 2 aromatic heterocycles. The number of amides is 1. The third-order valence-electron chi connectivity index (χ3n) is 3.46. The molecular formula is C18H17ClN4OS. The molecule has 0 atom stereocenters. The quantitative estimate of drug-likeness (QED) is 0.632. The van der Waals surface area contributed by atoms with Crippen LogP contribution in [0.1, 0.15) is 12.1 Å². The van der Waals surface area contributed by atoms with Crippen molar-refractivity contribution in [3.63, 3.8) is 0 Å². The standard InChI is InChI=1S/C18H17ClN4OS/c19-16-11-14(4-5-17(16)23-9-8-20-13-23)22-18(24)6-10-25-12-15-3-1-2-7-21-15/h1-5,7-9,11,13H,6,10,12H2,(H,22,24). The van der Waals surface area contributed by atoms with Crippen LogP contribution in [0, 0.1) is 0 Å². The number of aromatic nitrogens is 3. The number of pyridine rings is 1. The fourth-order valence-electron chi connectivity index (χ4n) is 2.24. The Kier molecular flexibility index (Phi) is 6.09. The van der Waals surface area contributed by atoms with E-state index in [1.807, 2.05) is 41.1 Å². The van der Waals surface area contributed by atoms with Gasteiger partial charge in [-0.25, -0.2) is 4.98 Å². The Morgan fingerprint density at radius 3 is 2.88 bits per heavy atom. The van der Waals surface area contributed by atoms with Crippen LogP contribution in [0.25, 0.3) is 5.69 Å². The fraction of sp³-hybridized carbons (Fsp3) is 0.167. The number of thioether (sulfide) groups is 1. The molecule has 2 heterocycles. The third kappa shape index (κ3) is 5.08. The third-order valence-corrected chi connectivity index (χ3v) is 4.76. The van der Waals surface area contributed by atoms with Gasteiger partial charge in [-0.15, -0.1) is 0 Å². The summed E-state index contributed by atoms with van der Waals surface area (Å²) in [4.78, 5) is 20.3. The number of imidazole rings is 1. The Morgan fingerprint density at radius 2 is 2.16 bits per heavy atom. The Morgan fingerprint density at radius 1 is 1.24 bits per heavy atom. The topological polar surface area (TPSA) is 59.8 Å². The average molecular weight is 373 g/mol. The molecule has 0 fully saturated rings. The highest BCUT2D eigenvalue weighted by Crippen LogP contribution is 2.24. The number of nitrogens with one attached hydrogen (secondary N) is 1. The molecule has 1 aromatic carbocycles. The fourth-order valence-corrected chi connectivity index (χ4v) is 3.38. The number of benzene rings is 1. The molecule has 128 valence electrons. The van der Waals surface area contributed by atoms with Gasteiger partial charge in [-0.05, 0) is 30.3 Å². The van der Waals surface area contributed by atoms with Gasteiger partial charge in [0, 0.05) is 42.2 Å². The number of nitrogens with zero attached hydrogens (tertiary/aromatic N) is 3. The van der Waals surface area contributed by atoms with E-state index in [1.54, 1.807) is 36.5 Å². The summed E-state index contributed by atoms with van der Waals surface area (Å²) in [6, 6.07) is 11.3. The predicted molar refractivity (Wildman–Crippen MR) is 102 cm³/mol. The van der Waals surface area contributed by atoms with Crippen molar-refractivity contribution in [3.05, 3.63) is 72.0 Å². The molecule has 0 unspecified atom stereocenters. The zero-order chi connectivity index (χ0) is 17.5. The van der Waals surface area contributed by atoms with E-state index >= 15 is 0 Å². The average Bonchev–Trinajstić information content (AvgIpc) is 3.14. The number of anilines is 1. The van der Waals surface area contributed by atoms with Crippen LogP contribution in [0.4, 0.5) is 5.69 Å². The molecule has 3 aromatic rings. The van der Waals surface area contributed by atoms with Crippen molar-refractivity contribution in [2.24, 2.45) is 0 Å². The van der Waals surface area contributed by atoms with Crippen molar-refractivity contribution >= 4 is 35.0 Å². The van der Waals surface area contributed by atoms with Gasteiger partial charge in [0.15, 0.2) is 0 Å². The lowest BCUT2D eigenvalue weighted by atomic mass is 10.2. The van der Waals surface area contributed by atoms with E-state index in [1.165, 1.54) is 0 Å². The van der Waals surface area contributed by atoms with Gasteiger partial charge in [0.05, 0.1) is 22.7 Å². The maximum Gasteiger partial charge on any atom is 0.225 e. The summed E-state index contributed by atoms with van der Waals surface area (Å²) >= 11 is 7.98. The first-order chi connectivity index (χ1) is 12.2. The van der Waals surface area contributed by atoms with Crippen molar-refractivity contribution in [1.82, 2.24) is 14.5 Å². The minimum Gasteiger partial charge on any atom is -0.326 e. The Bertz CT molecular complexity index is 824. The second-order valence-corrected chi connectivity index (χ2v) is 6.82. The van der Waals surface area contributed by atoms with Crippen molar-refractivity contribution in [3.8, 4) is 5.69 Å². The van der Waals surface area contributed by atoms with E-state index in [4.69, 9.17) is 11.6 Å². The summed E-state index contributed by atoms with van der Waals surface area (Å²) < 4.78 is 1.82. The van der Waals surface area contributed by atoms with E-state index in [2.05, 4.69) is 15.3 Å². The van der Waals surface area contributed by atoms with E-state index in [0.717, 1.165) is 22.9 Å². The van der Waals surface area contributed by atoms with Crippen LogP contribution in [0.2, 0.25) is 5.02 Å². The number of carbonyl (C=O) groups is 1. The van der Waals surface area contributed by atoms with Gasteiger partial charge in [0.1, 0.15) is 0 Å². The van der Waals surface area contributed by atoms with Crippen LogP contribution in [0.15, 0.2) is 61.3 Å². The largest absolute Gasteiger partial charge is 0.326 e. The SMILES string of the molecule is O=C(CCSCc1ccccn1)Nc1ccc(-n2ccnc2)c(Cl)c1. The van der Waals surface area contributed by atoms with E-state index in [9.17, 15) is 4.79 Å². The zero-order valence-corrected chi connectivity index (χ0v) is 15.0. The first-order valence-electron chi connectivity index (χ1n) is 7.78. The highest BCUT2D eigenvalue weighted by Gasteiger charge is 2.07. The highest BCUT2D eigenvalue weighted by atomic mass is 35.5. The molecule has 1 N–H and O–H groups in total. The van der Waals surface area contributed by atoms with Crippen molar-refractivity contribution in [2.45, 2.75) is 12.2 Å². The molecule has 0 saturated carbocycles. The number of carbonyl (C=O) groups excluding carboxylic acids is 1. The van der Waals surface area contributed by atoms with Gasteiger partial charge in [-0.1, -0.05) is 17.7 Å². The molecule has 0 aliphatic heterocycles. The lowest BCUT2D eigenvalue weighted by Crippen LogP contribution is -2.12. The Balaban J connectivity index is 1.47. The van der Waals surface area contributed by atoms with E-state index in [-0.39, 0.29) is 5.91 Å². The molecule has 0 saturated heterocycles. The first-order valence-corrected chi connectivity index (χ1v) is 9.31. The van der Waals surface area contributed by atoms with Crippen molar-refractivity contribution in [2.75, 3.05) is 11.1 Å². The van der Waals surface area contributed by atoms with Gasteiger partial charge in [-0.3, -0.25) is 9.78 Å². The van der Waals surface area contributed by atoms with Crippen LogP contribution in [-0.4, -0.2) is 26.2 Å². The normalized spacial score (nSPS) is 10.6.